The second-order valence-electron chi connectivity index (χ2n) is 19.6. The van der Waals surface area contributed by atoms with Gasteiger partial charge in [-0.2, -0.15) is 4.98 Å². The Labute approximate surface area is 442 Å². The van der Waals surface area contributed by atoms with Gasteiger partial charge in [0.05, 0.1) is 65.4 Å². The number of aryl methyl sites for hydroxylation is 1. The van der Waals surface area contributed by atoms with E-state index in [1.165, 1.54) is 22.4 Å². The van der Waals surface area contributed by atoms with Gasteiger partial charge in [0.15, 0.2) is 5.82 Å². The molecule has 19 nitrogen and oxygen atoms in total. The predicted octanol–water partition coefficient (Wildman–Crippen LogP) is 5.71. The minimum absolute atomic E-state index is 0.0273. The number of nitrogens with one attached hydrogen (secondary N) is 4. The molecule has 396 valence electrons. The Morgan fingerprint density at radius 3 is 2.35 bits per heavy atom. The number of carbonyl (C=O) groups is 3. The van der Waals surface area contributed by atoms with Gasteiger partial charge in [0.2, 0.25) is 33.7 Å². The van der Waals surface area contributed by atoms with Crippen molar-refractivity contribution in [2.75, 3.05) is 99.2 Å². The van der Waals surface area contributed by atoms with Crippen LogP contribution < -0.4 is 35.2 Å². The maximum absolute atomic E-state index is 14.0. The Bertz CT molecular complexity index is 2880. The fraction of sp³-hybridized carbons (Fsp3) is 0.462. The van der Waals surface area contributed by atoms with Crippen molar-refractivity contribution in [2.24, 2.45) is 11.8 Å². The highest BCUT2D eigenvalue weighted by Gasteiger charge is 2.42. The van der Waals surface area contributed by atoms with Gasteiger partial charge in [0.25, 0.3) is 0 Å². The van der Waals surface area contributed by atoms with Crippen LogP contribution in [0.4, 0.5) is 34.5 Å². The number of amides is 3. The highest BCUT2D eigenvalue weighted by molar-refractivity contribution is 7.92. The third-order valence-corrected chi connectivity index (χ3v) is 16.5. The number of methoxy groups -OCH3 is 1. The van der Waals surface area contributed by atoms with Gasteiger partial charge in [-0.15, -0.1) is 11.3 Å². The summed E-state index contributed by atoms with van der Waals surface area (Å²) in [5.74, 6) is 0.510. The molecule has 22 heteroatoms. The van der Waals surface area contributed by atoms with E-state index in [1.54, 1.807) is 42.7 Å². The van der Waals surface area contributed by atoms with E-state index >= 15 is 0 Å². The van der Waals surface area contributed by atoms with Crippen molar-refractivity contribution in [1.29, 1.82) is 0 Å². The van der Waals surface area contributed by atoms with E-state index < -0.39 is 28.2 Å². The van der Waals surface area contributed by atoms with Crippen molar-refractivity contribution in [3.05, 3.63) is 94.7 Å². The number of ether oxygens (including phenoxy) is 1. The molecule has 3 fully saturated rings. The Morgan fingerprint density at radius 1 is 0.946 bits per heavy atom. The van der Waals surface area contributed by atoms with Gasteiger partial charge >= 0.3 is 0 Å². The molecule has 0 radical (unpaired) electrons. The minimum atomic E-state index is -3.52. The zero-order valence-corrected chi connectivity index (χ0v) is 45.1. The monoisotopic (exact) mass is 1070 g/mol. The average molecular weight is 1070 g/mol. The van der Waals surface area contributed by atoms with Crippen LogP contribution >= 0.6 is 22.9 Å². The van der Waals surface area contributed by atoms with Crippen LogP contribution in [0.5, 0.6) is 5.75 Å². The Kier molecular flexibility index (Phi) is 17.6. The zero-order chi connectivity index (χ0) is 52.7. The van der Waals surface area contributed by atoms with Crippen LogP contribution in [-0.2, 0) is 31.0 Å². The number of thiazole rings is 1. The van der Waals surface area contributed by atoms with E-state index in [4.69, 9.17) is 16.3 Å². The number of anilines is 6. The molecule has 0 spiro atoms. The summed E-state index contributed by atoms with van der Waals surface area (Å²) in [6.07, 6.45) is 3.83. The molecule has 3 amide bonds. The lowest BCUT2D eigenvalue weighted by atomic mass is 9.95. The van der Waals surface area contributed by atoms with Gasteiger partial charge in [0.1, 0.15) is 22.9 Å². The number of aliphatic hydroxyl groups is 1. The number of piperidine rings is 1. The maximum atomic E-state index is 14.0. The second kappa shape index (κ2) is 24.1. The molecule has 3 aliphatic heterocycles. The molecule has 1 unspecified atom stereocenters. The van der Waals surface area contributed by atoms with Gasteiger partial charge in [0, 0.05) is 71.0 Å². The third kappa shape index (κ3) is 13.4. The molecule has 3 aliphatic rings. The summed E-state index contributed by atoms with van der Waals surface area (Å²) in [6, 6.07) is 19.2. The van der Waals surface area contributed by atoms with E-state index in [1.807, 2.05) is 68.7 Å². The summed E-state index contributed by atoms with van der Waals surface area (Å²) in [5.41, 5.74) is 7.39. The van der Waals surface area contributed by atoms with Gasteiger partial charge in [-0.05, 0) is 80.1 Å². The number of piperazine rings is 1. The van der Waals surface area contributed by atoms with Crippen LogP contribution in [0.2, 0.25) is 5.02 Å². The van der Waals surface area contributed by atoms with Crippen LogP contribution in [0.15, 0.2) is 78.4 Å². The van der Waals surface area contributed by atoms with Crippen LogP contribution in [0.3, 0.4) is 0 Å². The first-order chi connectivity index (χ1) is 35.4. The van der Waals surface area contributed by atoms with Crippen molar-refractivity contribution in [3.63, 3.8) is 0 Å². The summed E-state index contributed by atoms with van der Waals surface area (Å²) >= 11 is 8.07. The van der Waals surface area contributed by atoms with Crippen molar-refractivity contribution >= 4 is 85.2 Å². The van der Waals surface area contributed by atoms with Gasteiger partial charge in [-0.1, -0.05) is 61.8 Å². The smallest absolute Gasteiger partial charge is 0.246 e. The standard InChI is InChI=1S/C52H67ClN12O7S2/c1-33(2)47(51(69)65-30-39(66)26-44(65)50(68)54-27-35-11-13-37(14-12-35)48-34(3)56-32-73-48)59-46(67)31-62-19-17-36(18-20-62)29-63-21-23-64(24-22-63)38-15-16-42(45(25-38)72-5)58-52-55-28-40(53)49(60-52)57-41-9-7-8-10-43(41)61(4)74(6,70)71/h7-16,25,28,32-33,36,39,44,47,66H,17-24,26-27,29-31H2,1-6H3,(H,54,68)(H,59,67)(H2,55,57,58,60)/t39-,44?,47+/m1/s1. The van der Waals surface area contributed by atoms with E-state index in [-0.39, 0.29) is 60.7 Å². The maximum Gasteiger partial charge on any atom is 0.246 e. The molecule has 5 aromatic rings. The number of hydrogen-bond donors (Lipinski definition) is 5. The summed E-state index contributed by atoms with van der Waals surface area (Å²) in [5, 5.41) is 23.2. The lowest BCUT2D eigenvalue weighted by Crippen LogP contribution is -2.56. The number of nitrogens with zero attached hydrogens (tertiary/aromatic N) is 8. The van der Waals surface area contributed by atoms with Crippen molar-refractivity contribution in [3.8, 4) is 16.2 Å². The van der Waals surface area contributed by atoms with Gasteiger partial charge < -0.3 is 40.9 Å². The molecular formula is C52H67ClN12O7S2. The molecule has 3 saturated heterocycles. The molecule has 5 N–H and O–H groups in total. The fourth-order valence-corrected chi connectivity index (χ4v) is 11.2. The number of β-amino-alcohol motifs (C(OH)–C–C–N with tert-alkyl or cyclic N) is 1. The number of likely N-dealkylation sites (tertiary alicyclic amines) is 2. The largest absolute Gasteiger partial charge is 0.494 e. The molecule has 74 heavy (non-hydrogen) atoms. The number of hydrogen-bond acceptors (Lipinski definition) is 16. The molecule has 0 aliphatic carbocycles. The number of rotatable bonds is 19. The third-order valence-electron chi connectivity index (χ3n) is 14.0. The molecule has 3 aromatic carbocycles. The first kappa shape index (κ1) is 54.2. The lowest BCUT2D eigenvalue weighted by molar-refractivity contribution is -0.142. The number of aliphatic hydroxyl groups excluding tert-OH is 1. The zero-order valence-electron chi connectivity index (χ0n) is 42.8. The molecule has 8 rings (SSSR count). The van der Waals surface area contributed by atoms with Crippen LogP contribution in [0, 0.1) is 18.8 Å². The summed E-state index contributed by atoms with van der Waals surface area (Å²) < 4.78 is 31.6. The van der Waals surface area contributed by atoms with E-state index in [2.05, 4.69) is 50.9 Å². The molecule has 5 heterocycles. The predicted molar refractivity (Wildman–Crippen MR) is 291 cm³/mol. The van der Waals surface area contributed by atoms with E-state index in [0.29, 0.717) is 34.5 Å². The number of benzene rings is 3. The summed E-state index contributed by atoms with van der Waals surface area (Å²) in [7, 11) is -0.425. The fourth-order valence-electron chi connectivity index (χ4n) is 9.74. The van der Waals surface area contributed by atoms with E-state index in [9.17, 15) is 27.9 Å². The summed E-state index contributed by atoms with van der Waals surface area (Å²) in [6.45, 7) is 12.3. The number of carbonyl (C=O) groups excluding carboxylic acids is 3. The molecule has 0 bridgehead atoms. The normalized spacial score (nSPS) is 18.3. The average Bonchev–Trinajstić information content (AvgIpc) is 4.01. The second-order valence-corrected chi connectivity index (χ2v) is 22.9. The Morgan fingerprint density at radius 2 is 1.68 bits per heavy atom. The van der Waals surface area contributed by atoms with Crippen molar-refractivity contribution in [1.82, 2.24) is 40.3 Å². The SMILES string of the molecule is COc1cc(N2CCN(CC3CCN(CC(=O)N[C@H](C(=O)N4C[C@H](O)CC4C(=O)NCc4ccc(-c5scnc5C)cc4)C(C)C)CC3)CC2)ccc1Nc1ncc(Cl)c(Nc2ccccc2N(C)S(C)(=O)=O)n1. The topological polar surface area (TPSA) is 218 Å². The van der Waals surface area contributed by atoms with Gasteiger partial charge in [-0.25, -0.2) is 18.4 Å². The number of halogens is 1. The highest BCUT2D eigenvalue weighted by atomic mass is 35.5. The number of sulfonamides is 1. The minimum Gasteiger partial charge on any atom is -0.494 e. The van der Waals surface area contributed by atoms with Crippen LogP contribution in [-0.4, -0.2) is 158 Å². The van der Waals surface area contributed by atoms with Gasteiger partial charge in [-0.3, -0.25) is 28.5 Å². The first-order valence-electron chi connectivity index (χ1n) is 25.0. The molecule has 0 saturated carbocycles. The van der Waals surface area contributed by atoms with Crippen LogP contribution in [0.1, 0.15) is 44.4 Å². The van der Waals surface area contributed by atoms with Crippen molar-refractivity contribution < 1.29 is 32.6 Å². The quantitative estimate of drug-likeness (QED) is 0.0670. The Balaban J connectivity index is 0.771. The van der Waals surface area contributed by atoms with Crippen LogP contribution in [0.25, 0.3) is 10.4 Å². The molecular weight excluding hydrogens is 1000 g/mol. The Hall–Kier alpha value is -6.10. The number of para-hydroxylation sites is 2. The van der Waals surface area contributed by atoms with Crippen molar-refractivity contribution in [2.45, 2.75) is 64.8 Å². The molecule has 3 atom stereocenters. The van der Waals surface area contributed by atoms with E-state index in [0.717, 1.165) is 92.3 Å². The first-order valence-corrected chi connectivity index (χ1v) is 28.1. The number of aromatic nitrogens is 3. The molecule has 2 aromatic heterocycles. The lowest BCUT2D eigenvalue weighted by Gasteiger charge is -2.39. The highest BCUT2D eigenvalue weighted by Crippen LogP contribution is 2.35. The summed E-state index contributed by atoms with van der Waals surface area (Å²) in [4.78, 5) is 63.9.